The topological polar surface area (TPSA) is 74.9 Å². The first-order valence-electron chi connectivity index (χ1n) is 11.0. The molecule has 160 valence electrons. The minimum atomic E-state index is -0.165. The molecule has 2 amide bonds. The van der Waals surface area contributed by atoms with Crippen LogP contribution in [-0.2, 0) is 18.0 Å². The molecule has 1 aromatic heterocycles. The lowest BCUT2D eigenvalue weighted by Crippen LogP contribution is -2.34. The zero-order valence-corrected chi connectivity index (χ0v) is 17.4. The summed E-state index contributed by atoms with van der Waals surface area (Å²) in [7, 11) is 0. The van der Waals surface area contributed by atoms with Crippen LogP contribution in [0.2, 0.25) is 0 Å². The fourth-order valence-corrected chi connectivity index (χ4v) is 4.65. The average Bonchev–Trinajstić information content (AvgIpc) is 3.33. The second kappa shape index (κ2) is 8.35. The van der Waals surface area contributed by atoms with E-state index in [-0.39, 0.29) is 18.1 Å². The van der Waals surface area contributed by atoms with Crippen molar-refractivity contribution >= 4 is 6.03 Å². The highest BCUT2D eigenvalue weighted by Crippen LogP contribution is 2.38. The van der Waals surface area contributed by atoms with Crippen LogP contribution >= 0.6 is 0 Å². The molecule has 0 radical (unpaired) electrons. The van der Waals surface area contributed by atoms with Crippen molar-refractivity contribution in [3.8, 4) is 0 Å². The molecule has 0 unspecified atom stereocenters. The van der Waals surface area contributed by atoms with Gasteiger partial charge in [0.1, 0.15) is 12.6 Å². The van der Waals surface area contributed by atoms with Gasteiger partial charge in [0.05, 0.1) is 12.6 Å². The van der Waals surface area contributed by atoms with Gasteiger partial charge in [-0.25, -0.2) is 4.79 Å². The van der Waals surface area contributed by atoms with Gasteiger partial charge in [0.15, 0.2) is 0 Å². The van der Waals surface area contributed by atoms with Gasteiger partial charge >= 0.3 is 6.03 Å². The number of hydroxylamine groups is 2. The number of fused-ring (bicyclic) bond motifs is 2. The Morgan fingerprint density at radius 1 is 1.10 bits per heavy atom. The molecule has 8 heteroatoms. The molecule has 0 saturated carbocycles. The van der Waals surface area contributed by atoms with Crippen molar-refractivity contribution in [2.75, 3.05) is 19.6 Å². The molecule has 1 aromatic carbocycles. The molecule has 3 aliphatic rings. The van der Waals surface area contributed by atoms with Gasteiger partial charge in [-0.15, -0.1) is 10.2 Å². The van der Waals surface area contributed by atoms with Crippen molar-refractivity contribution in [3.63, 3.8) is 0 Å². The number of aromatic nitrogens is 2. The summed E-state index contributed by atoms with van der Waals surface area (Å²) in [4.78, 5) is 23.0. The van der Waals surface area contributed by atoms with Crippen LogP contribution in [0.3, 0.4) is 0 Å². The number of urea groups is 1. The Balaban J connectivity index is 1.21. The molecule has 8 nitrogen and oxygen atoms in total. The van der Waals surface area contributed by atoms with Crippen LogP contribution in [0.25, 0.3) is 0 Å². The number of carbonyl (C=O) groups is 1. The Morgan fingerprint density at radius 3 is 2.70 bits per heavy atom. The Hall–Kier alpha value is -2.45. The fourth-order valence-electron chi connectivity index (χ4n) is 4.65. The van der Waals surface area contributed by atoms with E-state index in [0.29, 0.717) is 31.5 Å². The summed E-state index contributed by atoms with van der Waals surface area (Å²) < 4.78 is 6.00. The largest absolute Gasteiger partial charge is 0.422 e. The maximum atomic E-state index is 13.0. The van der Waals surface area contributed by atoms with E-state index in [1.165, 1.54) is 12.8 Å². The lowest BCUT2D eigenvalue weighted by molar-refractivity contribution is -0.140. The van der Waals surface area contributed by atoms with Crippen LogP contribution < -0.4 is 0 Å². The predicted octanol–water partition coefficient (Wildman–Crippen LogP) is 3.37. The van der Waals surface area contributed by atoms with Crippen molar-refractivity contribution in [1.29, 1.82) is 0 Å². The van der Waals surface area contributed by atoms with E-state index in [2.05, 4.69) is 22.0 Å². The van der Waals surface area contributed by atoms with Crippen molar-refractivity contribution in [2.45, 2.75) is 57.8 Å². The molecule has 3 fully saturated rings. The van der Waals surface area contributed by atoms with Gasteiger partial charge in [-0.2, -0.15) is 5.06 Å². The normalized spacial score (nSPS) is 25.3. The Labute approximate surface area is 176 Å². The first-order valence-corrected chi connectivity index (χ1v) is 11.0. The third-order valence-electron chi connectivity index (χ3n) is 6.54. The molecule has 4 heterocycles. The van der Waals surface area contributed by atoms with Crippen LogP contribution in [0.15, 0.2) is 34.7 Å². The highest BCUT2D eigenvalue weighted by molar-refractivity contribution is 5.77. The van der Waals surface area contributed by atoms with Gasteiger partial charge in [0, 0.05) is 6.54 Å². The first kappa shape index (κ1) is 19.5. The van der Waals surface area contributed by atoms with Crippen molar-refractivity contribution in [1.82, 2.24) is 25.1 Å². The SMILES string of the molecule is CC1CCN(Cc2nnc([C@@H]3CC[C@@H]4CN3C(=O)N4OCc3ccccc3)o2)CC1. The average molecular weight is 412 g/mol. The number of piperidine rings is 2. The Kier molecular flexibility index (Phi) is 5.43. The second-order valence-corrected chi connectivity index (χ2v) is 8.76. The van der Waals surface area contributed by atoms with Crippen LogP contribution in [0.4, 0.5) is 4.79 Å². The van der Waals surface area contributed by atoms with E-state index >= 15 is 0 Å². The number of nitrogens with zero attached hydrogens (tertiary/aromatic N) is 5. The third-order valence-corrected chi connectivity index (χ3v) is 6.54. The monoisotopic (exact) mass is 411 g/mol. The molecule has 30 heavy (non-hydrogen) atoms. The van der Waals surface area contributed by atoms with Gasteiger partial charge in [0.25, 0.3) is 0 Å². The maximum absolute atomic E-state index is 13.0. The summed E-state index contributed by atoms with van der Waals surface area (Å²) in [5, 5.41) is 10.1. The Bertz CT molecular complexity index is 865. The van der Waals surface area contributed by atoms with Crippen molar-refractivity contribution < 1.29 is 14.0 Å². The molecule has 0 spiro atoms. The first-order chi connectivity index (χ1) is 14.7. The van der Waals surface area contributed by atoms with E-state index in [0.717, 1.165) is 37.4 Å². The van der Waals surface area contributed by atoms with Gasteiger partial charge < -0.3 is 9.32 Å². The molecule has 3 saturated heterocycles. The van der Waals surface area contributed by atoms with E-state index in [1.807, 2.05) is 35.2 Å². The minimum Gasteiger partial charge on any atom is -0.422 e. The molecule has 3 aliphatic heterocycles. The predicted molar refractivity (Wildman–Crippen MR) is 109 cm³/mol. The van der Waals surface area contributed by atoms with Crippen LogP contribution in [0, 0.1) is 5.92 Å². The summed E-state index contributed by atoms with van der Waals surface area (Å²) in [6.45, 7) is 6.17. The summed E-state index contributed by atoms with van der Waals surface area (Å²) in [6, 6.07) is 9.72. The van der Waals surface area contributed by atoms with Gasteiger partial charge in [0.2, 0.25) is 11.8 Å². The molecule has 2 bridgehead atoms. The Morgan fingerprint density at radius 2 is 1.90 bits per heavy atom. The fraction of sp³-hybridized carbons (Fsp3) is 0.591. The van der Waals surface area contributed by atoms with E-state index in [9.17, 15) is 4.79 Å². The third kappa shape index (κ3) is 3.94. The molecule has 2 atom stereocenters. The molecule has 0 N–H and O–H groups in total. The quantitative estimate of drug-likeness (QED) is 0.726. The van der Waals surface area contributed by atoms with Crippen LogP contribution in [0.1, 0.15) is 56.0 Å². The number of hydrogen-bond donors (Lipinski definition) is 0. The number of hydrogen-bond acceptors (Lipinski definition) is 6. The molecule has 2 aromatic rings. The van der Waals surface area contributed by atoms with Crippen molar-refractivity contribution in [2.24, 2.45) is 5.92 Å². The van der Waals surface area contributed by atoms with Gasteiger partial charge in [-0.3, -0.25) is 9.74 Å². The summed E-state index contributed by atoms with van der Waals surface area (Å²) in [6.07, 6.45) is 4.10. The summed E-state index contributed by atoms with van der Waals surface area (Å²) >= 11 is 0. The molecular formula is C22H29N5O3. The minimum absolute atomic E-state index is 0.0789. The van der Waals surface area contributed by atoms with Crippen LogP contribution in [-0.4, -0.2) is 56.8 Å². The summed E-state index contributed by atoms with van der Waals surface area (Å²) in [5.41, 5.74) is 1.05. The van der Waals surface area contributed by atoms with E-state index in [4.69, 9.17) is 9.25 Å². The van der Waals surface area contributed by atoms with Gasteiger partial charge in [-0.1, -0.05) is 37.3 Å². The highest BCUT2D eigenvalue weighted by Gasteiger charge is 2.47. The summed E-state index contributed by atoms with van der Waals surface area (Å²) in [5.74, 6) is 1.99. The lowest BCUT2D eigenvalue weighted by Gasteiger charge is -2.29. The second-order valence-electron chi connectivity index (χ2n) is 8.76. The molecular weight excluding hydrogens is 382 g/mol. The maximum Gasteiger partial charge on any atom is 0.345 e. The van der Waals surface area contributed by atoms with Crippen LogP contribution in [0.5, 0.6) is 0 Å². The molecule has 5 rings (SSSR count). The van der Waals surface area contributed by atoms with Gasteiger partial charge in [-0.05, 0) is 50.3 Å². The van der Waals surface area contributed by atoms with E-state index < -0.39 is 0 Å². The standard InChI is InChI=1S/C22H29N5O3/c1-16-9-11-25(12-10-16)14-20-23-24-21(30-20)19-8-7-18-13-26(19)22(28)27(18)29-15-17-5-3-2-4-6-17/h2-6,16,18-19H,7-15H2,1H3/t18-,19+/m1/s1. The number of benzene rings is 1. The van der Waals surface area contributed by atoms with Crippen molar-refractivity contribution in [3.05, 3.63) is 47.7 Å². The highest BCUT2D eigenvalue weighted by atomic mass is 16.7. The zero-order chi connectivity index (χ0) is 20.5. The lowest BCUT2D eigenvalue weighted by atomic mass is 9.99. The smallest absolute Gasteiger partial charge is 0.345 e. The number of amides is 2. The van der Waals surface area contributed by atoms with E-state index in [1.54, 1.807) is 5.06 Å². The number of rotatable bonds is 6. The number of likely N-dealkylation sites (tertiary alicyclic amines) is 1. The zero-order valence-electron chi connectivity index (χ0n) is 17.4. The number of carbonyl (C=O) groups excluding carboxylic acids is 1. The molecule has 0 aliphatic carbocycles.